The molecule has 0 aliphatic rings. The van der Waals surface area contributed by atoms with Gasteiger partial charge in [-0.1, -0.05) is 4.73 Å². The fourth-order valence-corrected chi connectivity index (χ4v) is 1.04. The number of aromatic hydroxyl groups is 1. The van der Waals surface area contributed by atoms with Crippen LogP contribution in [0.1, 0.15) is 0 Å². The lowest BCUT2D eigenvalue weighted by molar-refractivity contribution is 0.130. The molecule has 13 heavy (non-hydrogen) atoms. The third-order valence-electron chi connectivity index (χ3n) is 1.65. The Morgan fingerprint density at radius 1 is 1.31 bits per heavy atom. The van der Waals surface area contributed by atoms with E-state index in [9.17, 15) is 4.79 Å². The number of oxazole rings is 1. The minimum Gasteiger partial charge on any atom is -0.491 e. The molecule has 2 heterocycles. The predicted molar refractivity (Wildman–Crippen MR) is 38.9 cm³/mol. The second-order valence-electron chi connectivity index (χ2n) is 2.38. The fraction of sp³-hybridized carbons (Fsp3) is 0. The van der Waals surface area contributed by atoms with Crippen molar-refractivity contribution in [2.45, 2.75) is 0 Å². The van der Waals surface area contributed by atoms with Crippen LogP contribution in [0, 0.1) is 0 Å². The largest absolute Gasteiger partial charge is 0.491 e. The summed E-state index contributed by atoms with van der Waals surface area (Å²) in [7, 11) is 0. The molecule has 0 aliphatic heterocycles. The molecule has 0 fully saturated rings. The van der Waals surface area contributed by atoms with E-state index in [0.717, 1.165) is 0 Å². The molecule has 0 saturated carbocycles. The van der Waals surface area contributed by atoms with Gasteiger partial charge in [0.1, 0.15) is 5.69 Å². The Balaban J connectivity index is 3.10. The maximum absolute atomic E-state index is 10.7. The molecule has 0 spiro atoms. The van der Waals surface area contributed by atoms with Gasteiger partial charge < -0.3 is 25.7 Å². The van der Waals surface area contributed by atoms with Crippen LogP contribution in [0.2, 0.25) is 0 Å². The van der Waals surface area contributed by atoms with Gasteiger partial charge >= 0.3 is 5.76 Å². The van der Waals surface area contributed by atoms with Crippen molar-refractivity contribution in [3.8, 4) is 5.88 Å². The van der Waals surface area contributed by atoms with Gasteiger partial charge in [-0.05, 0) is 0 Å². The molecule has 5 N–H and O–H groups in total. The quantitative estimate of drug-likeness (QED) is 0.398. The molecule has 0 bridgehead atoms. The summed E-state index contributed by atoms with van der Waals surface area (Å²) in [6.45, 7) is 0. The highest BCUT2D eigenvalue weighted by Crippen LogP contribution is 2.30. The Bertz CT molecular complexity index is 532. The molecule has 70 valence electrons. The van der Waals surface area contributed by atoms with Gasteiger partial charge in [-0.3, -0.25) is 0 Å². The summed E-state index contributed by atoms with van der Waals surface area (Å²) in [4.78, 5) is 10.7. The van der Waals surface area contributed by atoms with Crippen molar-refractivity contribution in [2.75, 3.05) is 5.73 Å². The van der Waals surface area contributed by atoms with Crippen LogP contribution in [0.4, 0.5) is 5.69 Å². The Labute approximate surface area is 69.5 Å². The third kappa shape index (κ3) is 0.662. The zero-order valence-electron chi connectivity index (χ0n) is 6.13. The van der Waals surface area contributed by atoms with Gasteiger partial charge in [0, 0.05) is 0 Å². The molecule has 0 radical (unpaired) electrons. The number of nitrogen functional groups attached to an aromatic ring is 1. The smallest absolute Gasteiger partial charge is 0.454 e. The number of aromatic nitrogens is 2. The van der Waals surface area contributed by atoms with Gasteiger partial charge in [0.15, 0.2) is 0 Å². The average molecular weight is 187 g/mol. The molecule has 0 aliphatic carbocycles. The van der Waals surface area contributed by atoms with Crippen LogP contribution in [0.3, 0.4) is 0 Å². The molecule has 0 amide bonds. The van der Waals surface area contributed by atoms with E-state index >= 15 is 0 Å². The molecular formula is C5H5N3O5. The summed E-state index contributed by atoms with van der Waals surface area (Å²) < 4.78 is 4.60. The monoisotopic (exact) mass is 187 g/mol. The van der Waals surface area contributed by atoms with Gasteiger partial charge in [0.2, 0.25) is 11.2 Å². The topological polar surface area (TPSA) is 127 Å². The molecule has 0 unspecified atom stereocenters. The minimum absolute atomic E-state index is 0.0331. The number of fused-ring (bicyclic) bond motifs is 1. The van der Waals surface area contributed by atoms with Gasteiger partial charge in [-0.15, -0.1) is 4.73 Å². The molecular weight excluding hydrogens is 182 g/mol. The summed E-state index contributed by atoms with van der Waals surface area (Å²) >= 11 is 0. The summed E-state index contributed by atoms with van der Waals surface area (Å²) in [6, 6.07) is 0. The Kier molecular flexibility index (Phi) is 1.09. The normalized spacial score (nSPS) is 11.1. The first-order valence-electron chi connectivity index (χ1n) is 3.17. The van der Waals surface area contributed by atoms with Gasteiger partial charge in [-0.2, -0.15) is 0 Å². The fourth-order valence-electron chi connectivity index (χ4n) is 1.04. The molecule has 2 aromatic rings. The van der Waals surface area contributed by atoms with Crippen LogP contribution in [0.15, 0.2) is 9.21 Å². The van der Waals surface area contributed by atoms with Crippen molar-refractivity contribution in [3.63, 3.8) is 0 Å². The highest BCUT2D eigenvalue weighted by molar-refractivity contribution is 5.87. The first-order chi connectivity index (χ1) is 6.04. The third-order valence-corrected chi connectivity index (χ3v) is 1.65. The number of nitrogens with two attached hydrogens (primary N) is 1. The molecule has 0 saturated heterocycles. The van der Waals surface area contributed by atoms with Crippen molar-refractivity contribution in [3.05, 3.63) is 10.6 Å². The Morgan fingerprint density at radius 2 is 1.92 bits per heavy atom. The van der Waals surface area contributed by atoms with Crippen molar-refractivity contribution >= 4 is 16.9 Å². The zero-order valence-corrected chi connectivity index (χ0v) is 6.13. The molecule has 2 rings (SSSR count). The summed E-state index contributed by atoms with van der Waals surface area (Å²) in [6.07, 6.45) is 0. The van der Waals surface area contributed by atoms with Crippen molar-refractivity contribution in [1.29, 1.82) is 0 Å². The number of hydrogen-bond donors (Lipinski definition) is 4. The second-order valence-corrected chi connectivity index (χ2v) is 2.38. The van der Waals surface area contributed by atoms with E-state index in [-0.39, 0.29) is 20.7 Å². The summed E-state index contributed by atoms with van der Waals surface area (Å²) in [5.41, 5.74) is 4.23. The zero-order chi connectivity index (χ0) is 9.75. The van der Waals surface area contributed by atoms with E-state index in [0.29, 0.717) is 0 Å². The first kappa shape index (κ1) is 7.40. The van der Waals surface area contributed by atoms with Crippen LogP contribution in [0.5, 0.6) is 5.88 Å². The lowest BCUT2D eigenvalue weighted by Gasteiger charge is -1.93. The standard InChI is InChI=1S/C5H5N3O5/c6-1-2-3(7(11)4(1)9)8(12)5(10)13-2/h9,11-12H,6H2. The molecule has 8 nitrogen and oxygen atoms in total. The Hall–Kier alpha value is -2.25. The van der Waals surface area contributed by atoms with E-state index < -0.39 is 17.3 Å². The van der Waals surface area contributed by atoms with E-state index in [4.69, 9.17) is 21.3 Å². The Morgan fingerprint density at radius 3 is 2.46 bits per heavy atom. The van der Waals surface area contributed by atoms with Crippen LogP contribution in [-0.4, -0.2) is 25.0 Å². The predicted octanol–water partition coefficient (Wildman–Crippen LogP) is -0.842. The van der Waals surface area contributed by atoms with Crippen LogP contribution < -0.4 is 11.5 Å². The molecule has 0 aromatic carbocycles. The van der Waals surface area contributed by atoms with Gasteiger partial charge in [-0.25, -0.2) is 4.79 Å². The highest BCUT2D eigenvalue weighted by Gasteiger charge is 2.22. The molecule has 0 atom stereocenters. The summed E-state index contributed by atoms with van der Waals surface area (Å²) in [5, 5.41) is 27.1. The number of anilines is 1. The van der Waals surface area contributed by atoms with Gasteiger partial charge in [0.05, 0.1) is 0 Å². The van der Waals surface area contributed by atoms with Crippen LogP contribution in [-0.2, 0) is 0 Å². The van der Waals surface area contributed by atoms with E-state index in [1.54, 1.807) is 0 Å². The average Bonchev–Trinajstić information content (AvgIpc) is 2.48. The minimum atomic E-state index is -1.10. The first-order valence-corrected chi connectivity index (χ1v) is 3.17. The van der Waals surface area contributed by atoms with E-state index in [1.807, 2.05) is 0 Å². The maximum Gasteiger partial charge on any atom is 0.454 e. The SMILES string of the molecule is Nc1c(O)n(O)c2c1oc(=O)n2O. The molecule has 2 aromatic heterocycles. The number of rotatable bonds is 0. The van der Waals surface area contributed by atoms with Crippen molar-refractivity contribution < 1.29 is 19.9 Å². The molecule has 8 heteroatoms. The van der Waals surface area contributed by atoms with E-state index in [2.05, 4.69) is 4.42 Å². The van der Waals surface area contributed by atoms with Crippen molar-refractivity contribution in [2.24, 2.45) is 0 Å². The summed E-state index contributed by atoms with van der Waals surface area (Å²) in [5.74, 6) is -1.80. The van der Waals surface area contributed by atoms with Crippen molar-refractivity contribution in [1.82, 2.24) is 9.46 Å². The van der Waals surface area contributed by atoms with Gasteiger partial charge in [0.25, 0.3) is 5.88 Å². The lowest BCUT2D eigenvalue weighted by Crippen LogP contribution is -2.12. The van der Waals surface area contributed by atoms with E-state index in [1.165, 1.54) is 0 Å². The maximum atomic E-state index is 10.7. The second kappa shape index (κ2) is 1.91. The highest BCUT2D eigenvalue weighted by atomic mass is 16.5. The number of nitrogens with zero attached hydrogens (tertiary/aromatic N) is 2. The number of hydrogen-bond acceptors (Lipinski definition) is 6. The van der Waals surface area contributed by atoms with Crippen LogP contribution in [0.25, 0.3) is 11.2 Å². The van der Waals surface area contributed by atoms with Crippen LogP contribution >= 0.6 is 0 Å². The lowest BCUT2D eigenvalue weighted by atomic mass is 10.5.